The minimum Gasteiger partial charge on any atom is -0.337 e. The van der Waals surface area contributed by atoms with Gasteiger partial charge in [0, 0.05) is 62.8 Å². The van der Waals surface area contributed by atoms with Crippen LogP contribution in [0.25, 0.3) is 21.9 Å². The number of amides is 2. The van der Waals surface area contributed by atoms with Crippen LogP contribution >= 0.6 is 0 Å². The van der Waals surface area contributed by atoms with Crippen LogP contribution in [0.3, 0.4) is 0 Å². The highest BCUT2D eigenvalue weighted by Gasteiger charge is 2.33. The summed E-state index contributed by atoms with van der Waals surface area (Å²) in [5.74, 6) is 0.0777. The van der Waals surface area contributed by atoms with E-state index < -0.39 is 0 Å². The van der Waals surface area contributed by atoms with E-state index in [2.05, 4.69) is 29.4 Å². The van der Waals surface area contributed by atoms with Gasteiger partial charge in [0.1, 0.15) is 5.65 Å². The standard InChI is InChI=1S/C23H27N5O2/c1-5-27(6-2)9-10-28-18-8-7-14-16(12-25(3)22(14)29)19(18)20-17-13-26(4)23(30)15(17)11-24-21(20)28/h7-8,11H,5-6,9-10,12-13H2,1-4H3. The number of carbonyl (C=O) groups excluding carboxylic acids is 2. The topological polar surface area (TPSA) is 61.7 Å². The molecule has 5 rings (SSSR count). The molecular weight excluding hydrogens is 378 g/mol. The van der Waals surface area contributed by atoms with Crippen molar-refractivity contribution in [2.24, 2.45) is 0 Å². The fourth-order valence-corrected chi connectivity index (χ4v) is 5.01. The van der Waals surface area contributed by atoms with Crippen LogP contribution in [0.15, 0.2) is 18.3 Å². The van der Waals surface area contributed by atoms with Gasteiger partial charge in [0.25, 0.3) is 11.8 Å². The highest BCUT2D eigenvalue weighted by molar-refractivity contribution is 6.17. The molecule has 0 N–H and O–H groups in total. The molecule has 4 heterocycles. The first kappa shape index (κ1) is 19.1. The third-order valence-electron chi connectivity index (χ3n) is 6.73. The lowest BCUT2D eigenvalue weighted by molar-refractivity contribution is 0.0809. The first-order chi connectivity index (χ1) is 14.5. The molecule has 2 amide bonds. The lowest BCUT2D eigenvalue weighted by Crippen LogP contribution is -2.27. The summed E-state index contributed by atoms with van der Waals surface area (Å²) in [6.45, 7) is 9.28. The largest absolute Gasteiger partial charge is 0.337 e. The minimum absolute atomic E-state index is 0.0178. The van der Waals surface area contributed by atoms with Gasteiger partial charge < -0.3 is 19.3 Å². The first-order valence-electron chi connectivity index (χ1n) is 10.6. The third-order valence-corrected chi connectivity index (χ3v) is 6.73. The van der Waals surface area contributed by atoms with E-state index in [9.17, 15) is 9.59 Å². The molecule has 0 aliphatic carbocycles. The quantitative estimate of drug-likeness (QED) is 0.655. The maximum absolute atomic E-state index is 12.6. The van der Waals surface area contributed by atoms with E-state index in [-0.39, 0.29) is 11.8 Å². The van der Waals surface area contributed by atoms with Gasteiger partial charge >= 0.3 is 0 Å². The molecule has 0 spiro atoms. The lowest BCUT2D eigenvalue weighted by Gasteiger charge is -2.19. The Morgan fingerprint density at radius 3 is 2.23 bits per heavy atom. The van der Waals surface area contributed by atoms with Crippen molar-refractivity contribution < 1.29 is 9.59 Å². The third kappa shape index (κ3) is 2.51. The molecule has 2 aromatic heterocycles. The Morgan fingerprint density at radius 2 is 1.57 bits per heavy atom. The summed E-state index contributed by atoms with van der Waals surface area (Å²) >= 11 is 0. The fraction of sp³-hybridized carbons (Fsp3) is 0.435. The Morgan fingerprint density at radius 1 is 0.933 bits per heavy atom. The van der Waals surface area contributed by atoms with Crippen LogP contribution in [-0.4, -0.2) is 69.8 Å². The van der Waals surface area contributed by atoms with Crippen molar-refractivity contribution in [2.75, 3.05) is 33.7 Å². The molecule has 0 bridgehead atoms. The zero-order valence-electron chi connectivity index (χ0n) is 18.0. The highest BCUT2D eigenvalue weighted by atomic mass is 16.2. The Hall–Kier alpha value is -2.93. The summed E-state index contributed by atoms with van der Waals surface area (Å²) in [4.78, 5) is 35.9. The van der Waals surface area contributed by atoms with E-state index in [1.54, 1.807) is 16.0 Å². The van der Waals surface area contributed by atoms with Gasteiger partial charge in [0.2, 0.25) is 0 Å². The summed E-state index contributed by atoms with van der Waals surface area (Å²) in [7, 11) is 3.67. The van der Waals surface area contributed by atoms with Gasteiger partial charge in [-0.3, -0.25) is 9.59 Å². The van der Waals surface area contributed by atoms with Crippen LogP contribution in [0.2, 0.25) is 0 Å². The van der Waals surface area contributed by atoms with Crippen molar-refractivity contribution >= 4 is 33.8 Å². The van der Waals surface area contributed by atoms with Gasteiger partial charge in [0.05, 0.1) is 11.1 Å². The predicted octanol–water partition coefficient (Wildman–Crippen LogP) is 2.70. The Labute approximate surface area is 175 Å². The van der Waals surface area contributed by atoms with Crippen molar-refractivity contribution in [3.63, 3.8) is 0 Å². The van der Waals surface area contributed by atoms with Crippen molar-refractivity contribution in [1.29, 1.82) is 0 Å². The number of rotatable bonds is 5. The number of fused-ring (bicyclic) bond motifs is 7. The van der Waals surface area contributed by atoms with E-state index in [0.717, 1.165) is 64.8 Å². The average molecular weight is 406 g/mol. The predicted molar refractivity (Wildman–Crippen MR) is 117 cm³/mol. The van der Waals surface area contributed by atoms with Crippen molar-refractivity contribution in [1.82, 2.24) is 24.3 Å². The lowest BCUT2D eigenvalue weighted by atomic mass is 10.00. The van der Waals surface area contributed by atoms with E-state index in [4.69, 9.17) is 4.98 Å². The number of nitrogens with zero attached hydrogens (tertiary/aromatic N) is 5. The maximum atomic E-state index is 12.6. The van der Waals surface area contributed by atoms with Gasteiger partial charge in [-0.25, -0.2) is 4.98 Å². The van der Waals surface area contributed by atoms with Crippen LogP contribution in [-0.2, 0) is 19.6 Å². The summed E-state index contributed by atoms with van der Waals surface area (Å²) < 4.78 is 2.27. The van der Waals surface area contributed by atoms with Crippen LogP contribution in [0, 0.1) is 0 Å². The van der Waals surface area contributed by atoms with Crippen LogP contribution < -0.4 is 0 Å². The van der Waals surface area contributed by atoms with E-state index in [0.29, 0.717) is 18.7 Å². The van der Waals surface area contributed by atoms with Gasteiger partial charge in [0.15, 0.2) is 0 Å². The Balaban J connectivity index is 1.81. The van der Waals surface area contributed by atoms with E-state index in [1.807, 2.05) is 20.2 Å². The number of pyridine rings is 1. The maximum Gasteiger partial charge on any atom is 0.255 e. The molecular formula is C23H27N5O2. The second kappa shape index (κ2) is 6.80. The molecule has 1 aromatic carbocycles. The normalized spacial score (nSPS) is 15.9. The molecule has 0 saturated carbocycles. The zero-order chi connectivity index (χ0) is 21.2. The number of carbonyl (C=O) groups is 2. The molecule has 0 saturated heterocycles. The second-order valence-electron chi connectivity index (χ2n) is 8.34. The number of likely N-dealkylation sites (N-methyl/N-ethyl adjacent to an activating group) is 1. The van der Waals surface area contributed by atoms with Gasteiger partial charge in [-0.05, 0) is 36.3 Å². The van der Waals surface area contributed by atoms with Gasteiger partial charge in [-0.1, -0.05) is 13.8 Å². The smallest absolute Gasteiger partial charge is 0.255 e. The summed E-state index contributed by atoms with van der Waals surface area (Å²) in [5.41, 5.74) is 5.56. The number of benzene rings is 1. The summed E-state index contributed by atoms with van der Waals surface area (Å²) in [6, 6.07) is 4.01. The Kier molecular flexibility index (Phi) is 4.32. The van der Waals surface area contributed by atoms with Crippen LogP contribution in [0.4, 0.5) is 0 Å². The summed E-state index contributed by atoms with van der Waals surface area (Å²) in [6.07, 6.45) is 1.73. The number of aromatic nitrogens is 2. The Bertz CT molecular complexity index is 1120. The number of hydrogen-bond acceptors (Lipinski definition) is 4. The SMILES string of the molecule is CCN(CC)CCn1c2ccc3c(c2c2c4c(cnc21)C(=O)N(C)C4)CN(C)C3=O. The van der Waals surface area contributed by atoms with Gasteiger partial charge in [-0.2, -0.15) is 0 Å². The fourth-order valence-electron chi connectivity index (χ4n) is 5.01. The average Bonchev–Trinajstić information content (AvgIpc) is 3.33. The molecule has 2 aliphatic heterocycles. The molecule has 0 radical (unpaired) electrons. The van der Waals surface area contributed by atoms with Crippen LogP contribution in [0.5, 0.6) is 0 Å². The monoisotopic (exact) mass is 405 g/mol. The summed E-state index contributed by atoms with van der Waals surface area (Å²) in [5, 5.41) is 2.13. The van der Waals surface area contributed by atoms with Crippen molar-refractivity contribution in [2.45, 2.75) is 33.5 Å². The molecule has 0 fully saturated rings. The molecule has 2 aliphatic rings. The highest BCUT2D eigenvalue weighted by Crippen LogP contribution is 2.40. The van der Waals surface area contributed by atoms with E-state index >= 15 is 0 Å². The minimum atomic E-state index is 0.0178. The molecule has 7 nitrogen and oxygen atoms in total. The molecule has 156 valence electrons. The van der Waals surface area contributed by atoms with Gasteiger partial charge in [-0.15, -0.1) is 0 Å². The zero-order valence-corrected chi connectivity index (χ0v) is 18.0. The molecule has 0 unspecified atom stereocenters. The van der Waals surface area contributed by atoms with Crippen molar-refractivity contribution in [3.8, 4) is 0 Å². The molecule has 0 atom stereocenters. The molecule has 3 aromatic rings. The van der Waals surface area contributed by atoms with E-state index in [1.165, 1.54) is 0 Å². The van der Waals surface area contributed by atoms with Crippen LogP contribution in [0.1, 0.15) is 45.7 Å². The number of hydrogen-bond donors (Lipinski definition) is 0. The first-order valence-corrected chi connectivity index (χ1v) is 10.6. The molecule has 7 heteroatoms. The van der Waals surface area contributed by atoms with Crippen molar-refractivity contribution in [3.05, 3.63) is 40.6 Å². The molecule has 30 heavy (non-hydrogen) atoms. The second-order valence-corrected chi connectivity index (χ2v) is 8.34.